The van der Waals surface area contributed by atoms with Crippen LogP contribution in [0.2, 0.25) is 0 Å². The predicted octanol–water partition coefficient (Wildman–Crippen LogP) is 3.34. The molecule has 0 aliphatic carbocycles. The van der Waals surface area contributed by atoms with Crippen molar-refractivity contribution in [3.8, 4) is 11.5 Å². The molecule has 0 aromatic heterocycles. The fourth-order valence-electron chi connectivity index (χ4n) is 1.92. The predicted molar refractivity (Wildman–Crippen MR) is 69.0 cm³/mol. The van der Waals surface area contributed by atoms with E-state index in [9.17, 15) is 28.2 Å². The minimum absolute atomic E-state index is 0.00549. The molecule has 0 spiro atoms. The Morgan fingerprint density at radius 2 is 2.05 bits per heavy atom. The number of carbonyl (C=O) groups is 1. The lowest BCUT2D eigenvalue weighted by atomic mass is 9.92. The minimum Gasteiger partial charge on any atom is -0.507 e. The number of alkyl halides is 3. The number of hydrogen-bond acceptors (Lipinski definition) is 4. The summed E-state index contributed by atoms with van der Waals surface area (Å²) in [5, 5.41) is 19.1. The lowest BCUT2D eigenvalue weighted by molar-refractivity contribution is -0.145. The Hall–Kier alpha value is -2.18. The minimum atomic E-state index is -4.95. The zero-order chi connectivity index (χ0) is 16.2. The van der Waals surface area contributed by atoms with Crippen LogP contribution in [0.5, 0.6) is 11.5 Å². The smallest absolute Gasteiger partial charge is 0.423 e. The zero-order valence-corrected chi connectivity index (χ0v) is 11.3. The molecule has 4 nitrogen and oxygen atoms in total. The van der Waals surface area contributed by atoms with Crippen LogP contribution in [0.25, 0.3) is 0 Å². The molecule has 2 N–H and O–H groups in total. The Bertz CT molecular complexity index is 538. The number of phenols is 2. The van der Waals surface area contributed by atoms with Gasteiger partial charge in [-0.25, -0.2) is 0 Å². The maximum Gasteiger partial charge on any atom is 0.423 e. The van der Waals surface area contributed by atoms with E-state index in [1.807, 2.05) is 0 Å². The van der Waals surface area contributed by atoms with Crippen molar-refractivity contribution in [3.63, 3.8) is 0 Å². The van der Waals surface area contributed by atoms with Crippen LogP contribution in [0.1, 0.15) is 30.4 Å². The van der Waals surface area contributed by atoms with Gasteiger partial charge < -0.3 is 14.9 Å². The largest absolute Gasteiger partial charge is 0.507 e. The topological polar surface area (TPSA) is 66.8 Å². The lowest BCUT2D eigenvalue weighted by Gasteiger charge is -2.19. The van der Waals surface area contributed by atoms with Crippen LogP contribution in [-0.2, 0) is 15.7 Å². The fourth-order valence-corrected chi connectivity index (χ4v) is 1.92. The molecule has 0 aliphatic rings. The van der Waals surface area contributed by atoms with E-state index in [4.69, 9.17) is 4.74 Å². The van der Waals surface area contributed by atoms with Crippen molar-refractivity contribution in [3.05, 3.63) is 35.9 Å². The number of ether oxygens (including phenoxy) is 1. The first kappa shape index (κ1) is 16.9. The van der Waals surface area contributed by atoms with E-state index in [0.29, 0.717) is 0 Å². The highest BCUT2D eigenvalue weighted by Crippen LogP contribution is 2.45. The molecule has 0 bridgehead atoms. The molecular formula is C14H15F3O4. The number of benzene rings is 1. The van der Waals surface area contributed by atoms with E-state index in [-0.39, 0.29) is 18.6 Å². The standard InChI is InChI=1S/C14H15F3O4/c1-3-5-9(13(20)21-4-2)8-6-7-10(18)11(12(8)19)14(15,16)17/h3,6-7,9,18-19H,1,4-5H2,2H3. The molecule has 1 aromatic rings. The van der Waals surface area contributed by atoms with Crippen molar-refractivity contribution in [2.24, 2.45) is 0 Å². The third-order valence-corrected chi connectivity index (χ3v) is 2.82. The SMILES string of the molecule is C=CCC(C(=O)OCC)c1ccc(O)c(C(F)(F)F)c1O. The summed E-state index contributed by atoms with van der Waals surface area (Å²) >= 11 is 0. The van der Waals surface area contributed by atoms with Crippen molar-refractivity contribution in [2.75, 3.05) is 6.61 Å². The van der Waals surface area contributed by atoms with Crippen LogP contribution in [0.3, 0.4) is 0 Å². The Balaban J connectivity index is 3.40. The van der Waals surface area contributed by atoms with E-state index in [0.717, 1.165) is 12.1 Å². The number of allylic oxidation sites excluding steroid dienone is 1. The van der Waals surface area contributed by atoms with Crippen LogP contribution in [0.15, 0.2) is 24.8 Å². The van der Waals surface area contributed by atoms with Gasteiger partial charge in [0.05, 0.1) is 12.5 Å². The monoisotopic (exact) mass is 304 g/mol. The molecule has 0 amide bonds. The van der Waals surface area contributed by atoms with Gasteiger partial charge in [0.2, 0.25) is 0 Å². The summed E-state index contributed by atoms with van der Waals surface area (Å²) in [4.78, 5) is 11.8. The molecule has 1 atom stereocenters. The normalized spacial score (nSPS) is 12.8. The van der Waals surface area contributed by atoms with Gasteiger partial charge in [-0.2, -0.15) is 13.2 Å². The number of carbonyl (C=O) groups excluding carboxylic acids is 1. The molecule has 0 heterocycles. The fraction of sp³-hybridized carbons (Fsp3) is 0.357. The van der Waals surface area contributed by atoms with Crippen LogP contribution >= 0.6 is 0 Å². The molecule has 0 saturated heterocycles. The highest BCUT2D eigenvalue weighted by Gasteiger charge is 2.39. The van der Waals surface area contributed by atoms with Gasteiger partial charge in [0.25, 0.3) is 0 Å². The first-order chi connectivity index (χ1) is 9.73. The summed E-state index contributed by atoms with van der Waals surface area (Å²) < 4.78 is 43.3. The number of rotatable bonds is 5. The Labute approximate surface area is 119 Å². The molecule has 0 fully saturated rings. The summed E-state index contributed by atoms with van der Waals surface area (Å²) in [5.41, 5.74) is -1.84. The third kappa shape index (κ3) is 3.68. The summed E-state index contributed by atoms with van der Waals surface area (Å²) in [7, 11) is 0. The molecule has 1 unspecified atom stereocenters. The van der Waals surface area contributed by atoms with Crippen molar-refractivity contribution < 1.29 is 32.9 Å². The summed E-state index contributed by atoms with van der Waals surface area (Å²) in [6.07, 6.45) is -3.62. The van der Waals surface area contributed by atoms with Gasteiger partial charge >= 0.3 is 12.1 Å². The van der Waals surface area contributed by atoms with Crippen molar-refractivity contribution in [2.45, 2.75) is 25.4 Å². The van der Waals surface area contributed by atoms with Crippen LogP contribution in [0, 0.1) is 0 Å². The van der Waals surface area contributed by atoms with E-state index in [1.165, 1.54) is 6.08 Å². The quantitative estimate of drug-likeness (QED) is 0.647. The third-order valence-electron chi connectivity index (χ3n) is 2.82. The molecule has 0 saturated carbocycles. The molecule has 21 heavy (non-hydrogen) atoms. The molecular weight excluding hydrogens is 289 g/mol. The van der Waals surface area contributed by atoms with Gasteiger partial charge in [-0.15, -0.1) is 6.58 Å². The van der Waals surface area contributed by atoms with Gasteiger partial charge in [0.15, 0.2) is 0 Å². The average molecular weight is 304 g/mol. The average Bonchev–Trinajstić information content (AvgIpc) is 2.35. The first-order valence-corrected chi connectivity index (χ1v) is 6.13. The molecule has 116 valence electrons. The van der Waals surface area contributed by atoms with Gasteiger partial charge in [0, 0.05) is 5.56 Å². The second-order valence-electron chi connectivity index (χ2n) is 4.22. The lowest BCUT2D eigenvalue weighted by Crippen LogP contribution is -2.17. The molecule has 1 rings (SSSR count). The van der Waals surface area contributed by atoms with Gasteiger partial charge in [0.1, 0.15) is 17.1 Å². The van der Waals surface area contributed by atoms with Crippen LogP contribution in [-0.4, -0.2) is 22.8 Å². The van der Waals surface area contributed by atoms with Crippen molar-refractivity contribution >= 4 is 5.97 Å². The first-order valence-electron chi connectivity index (χ1n) is 6.13. The summed E-state index contributed by atoms with van der Waals surface area (Å²) in [6.45, 7) is 5.04. The number of halogens is 3. The molecule has 1 aromatic carbocycles. The van der Waals surface area contributed by atoms with E-state index >= 15 is 0 Å². The van der Waals surface area contributed by atoms with Gasteiger partial charge in [-0.1, -0.05) is 12.1 Å². The van der Waals surface area contributed by atoms with Gasteiger partial charge in [-0.05, 0) is 19.4 Å². The van der Waals surface area contributed by atoms with Crippen molar-refractivity contribution in [1.29, 1.82) is 0 Å². The van der Waals surface area contributed by atoms with E-state index in [1.54, 1.807) is 6.92 Å². The second-order valence-corrected chi connectivity index (χ2v) is 4.22. The molecule has 0 radical (unpaired) electrons. The zero-order valence-electron chi connectivity index (χ0n) is 11.3. The Morgan fingerprint density at radius 3 is 2.52 bits per heavy atom. The summed E-state index contributed by atoms with van der Waals surface area (Å²) in [5.74, 6) is -4.18. The number of phenolic OH excluding ortho intramolecular Hbond substituents is 2. The highest BCUT2D eigenvalue weighted by molar-refractivity contribution is 5.80. The maximum absolute atomic E-state index is 12.8. The summed E-state index contributed by atoms with van der Waals surface area (Å²) in [6, 6.07) is 1.85. The van der Waals surface area contributed by atoms with Crippen LogP contribution in [0.4, 0.5) is 13.2 Å². The number of aromatic hydroxyl groups is 2. The Morgan fingerprint density at radius 1 is 1.43 bits per heavy atom. The van der Waals surface area contributed by atoms with E-state index < -0.39 is 35.1 Å². The second kappa shape index (κ2) is 6.51. The molecule has 0 aliphatic heterocycles. The Kier molecular flexibility index (Phi) is 5.23. The number of esters is 1. The number of hydrogen-bond donors (Lipinski definition) is 2. The maximum atomic E-state index is 12.8. The van der Waals surface area contributed by atoms with Gasteiger partial charge in [-0.3, -0.25) is 4.79 Å². The van der Waals surface area contributed by atoms with Crippen molar-refractivity contribution in [1.82, 2.24) is 0 Å². The van der Waals surface area contributed by atoms with Crippen LogP contribution < -0.4 is 0 Å². The highest BCUT2D eigenvalue weighted by atomic mass is 19.4. The van der Waals surface area contributed by atoms with E-state index in [2.05, 4.69) is 6.58 Å². The molecule has 7 heteroatoms.